The number of rotatable bonds is 3. The highest BCUT2D eigenvalue weighted by molar-refractivity contribution is 7.91. The molecule has 0 aliphatic heterocycles. The zero-order valence-electron chi connectivity index (χ0n) is 10.3. The molecule has 0 amide bonds. The van der Waals surface area contributed by atoms with E-state index in [0.717, 1.165) is 17.6 Å². The maximum Gasteiger partial charge on any atom is 0.358 e. The minimum Gasteiger partial charge on any atom is -0.464 e. The first kappa shape index (κ1) is 13.5. The van der Waals surface area contributed by atoms with Gasteiger partial charge in [-0.2, -0.15) is 4.39 Å². The van der Waals surface area contributed by atoms with E-state index in [2.05, 4.69) is 9.72 Å². The van der Waals surface area contributed by atoms with Crippen molar-refractivity contribution in [2.75, 3.05) is 12.9 Å². The second kappa shape index (κ2) is 4.61. The molecule has 0 atom stereocenters. The first-order valence-corrected chi connectivity index (χ1v) is 7.05. The summed E-state index contributed by atoms with van der Waals surface area (Å²) in [5.41, 5.74) is -0.384. The lowest BCUT2D eigenvalue weighted by molar-refractivity contribution is 0.0586. The van der Waals surface area contributed by atoms with Gasteiger partial charge in [-0.3, -0.25) is 4.40 Å². The third-order valence-electron chi connectivity index (χ3n) is 2.62. The Morgan fingerprint density at radius 1 is 1.47 bits per heavy atom. The number of aromatic nitrogens is 2. The van der Waals surface area contributed by atoms with E-state index < -0.39 is 32.5 Å². The van der Waals surface area contributed by atoms with Crippen LogP contribution in [0.4, 0.5) is 4.39 Å². The van der Waals surface area contributed by atoms with E-state index in [-0.39, 0.29) is 11.4 Å². The van der Waals surface area contributed by atoms with Crippen molar-refractivity contribution in [2.45, 2.75) is 11.9 Å². The summed E-state index contributed by atoms with van der Waals surface area (Å²) in [6, 6.07) is 3.88. The molecule has 102 valence electrons. The van der Waals surface area contributed by atoms with E-state index >= 15 is 0 Å². The van der Waals surface area contributed by atoms with Crippen molar-refractivity contribution in [2.24, 2.45) is 0 Å². The molecule has 2 aromatic heterocycles. The van der Waals surface area contributed by atoms with Gasteiger partial charge in [0.15, 0.2) is 26.5 Å². The fourth-order valence-corrected chi connectivity index (χ4v) is 2.64. The maximum absolute atomic E-state index is 13.8. The third kappa shape index (κ3) is 2.07. The Kier molecular flexibility index (Phi) is 3.27. The van der Waals surface area contributed by atoms with Crippen molar-refractivity contribution < 1.29 is 22.3 Å². The summed E-state index contributed by atoms with van der Waals surface area (Å²) in [5, 5.41) is -0.466. The molecule has 0 aliphatic rings. The van der Waals surface area contributed by atoms with Gasteiger partial charge in [-0.25, -0.2) is 18.2 Å². The number of pyridine rings is 1. The number of ether oxygens (including phenoxy) is 1. The lowest BCUT2D eigenvalue weighted by Crippen LogP contribution is -2.14. The Bertz CT molecular complexity index is 751. The number of nitrogens with zero attached hydrogens (tertiary/aromatic N) is 2. The molecule has 0 saturated heterocycles. The van der Waals surface area contributed by atoms with Crippen LogP contribution in [-0.2, 0) is 14.6 Å². The van der Waals surface area contributed by atoms with Gasteiger partial charge in [0.05, 0.1) is 12.9 Å². The van der Waals surface area contributed by atoms with Gasteiger partial charge in [0.1, 0.15) is 5.65 Å². The number of carbonyl (C=O) groups is 1. The molecule has 0 spiro atoms. The molecule has 8 heteroatoms. The van der Waals surface area contributed by atoms with E-state index in [4.69, 9.17) is 0 Å². The second-order valence-corrected chi connectivity index (χ2v) is 5.90. The van der Waals surface area contributed by atoms with Gasteiger partial charge < -0.3 is 4.74 Å². The molecule has 0 fully saturated rings. The van der Waals surface area contributed by atoms with Crippen molar-refractivity contribution >= 4 is 21.5 Å². The molecule has 0 aliphatic carbocycles. The number of fused-ring (bicyclic) bond motifs is 1. The summed E-state index contributed by atoms with van der Waals surface area (Å²) in [6.07, 6.45) is 0. The van der Waals surface area contributed by atoms with Gasteiger partial charge in [-0.05, 0) is 12.1 Å². The van der Waals surface area contributed by atoms with Crippen LogP contribution in [0.2, 0.25) is 0 Å². The van der Waals surface area contributed by atoms with Crippen LogP contribution in [0.15, 0.2) is 23.2 Å². The van der Waals surface area contributed by atoms with Crippen LogP contribution < -0.4 is 0 Å². The largest absolute Gasteiger partial charge is 0.464 e. The van der Waals surface area contributed by atoms with Crippen LogP contribution >= 0.6 is 0 Å². The first-order chi connectivity index (χ1) is 8.92. The zero-order valence-corrected chi connectivity index (χ0v) is 11.1. The highest BCUT2D eigenvalue weighted by Gasteiger charge is 2.29. The minimum atomic E-state index is -3.76. The van der Waals surface area contributed by atoms with Crippen molar-refractivity contribution in [3.8, 4) is 0 Å². The van der Waals surface area contributed by atoms with Crippen LogP contribution in [0, 0.1) is 5.95 Å². The monoisotopic (exact) mass is 286 g/mol. The van der Waals surface area contributed by atoms with Crippen molar-refractivity contribution in [1.29, 1.82) is 0 Å². The zero-order chi connectivity index (χ0) is 14.2. The van der Waals surface area contributed by atoms with Crippen LogP contribution in [0.25, 0.3) is 5.65 Å². The number of carbonyl (C=O) groups excluding carboxylic acids is 1. The molecule has 0 saturated carbocycles. The normalized spacial score (nSPS) is 11.7. The quantitative estimate of drug-likeness (QED) is 0.622. The Hall–Kier alpha value is -1.96. The number of methoxy groups -OCH3 is 1. The lowest BCUT2D eigenvalue weighted by atomic mass is 10.4. The topological polar surface area (TPSA) is 77.7 Å². The molecule has 0 N–H and O–H groups in total. The van der Waals surface area contributed by atoms with E-state index in [1.54, 1.807) is 0 Å². The average molecular weight is 286 g/mol. The van der Waals surface area contributed by atoms with Crippen LogP contribution in [0.1, 0.15) is 17.4 Å². The molecule has 2 heterocycles. The predicted octanol–water partition coefficient (Wildman–Crippen LogP) is 1.05. The van der Waals surface area contributed by atoms with Crippen molar-refractivity contribution in [3.63, 3.8) is 0 Å². The number of imidazole rings is 1. The van der Waals surface area contributed by atoms with Crippen LogP contribution in [0.5, 0.6) is 0 Å². The smallest absolute Gasteiger partial charge is 0.358 e. The fraction of sp³-hybridized carbons (Fsp3) is 0.273. The van der Waals surface area contributed by atoms with Crippen molar-refractivity contribution in [3.05, 3.63) is 29.8 Å². The number of esters is 1. The van der Waals surface area contributed by atoms with Crippen molar-refractivity contribution in [1.82, 2.24) is 9.38 Å². The van der Waals surface area contributed by atoms with Crippen LogP contribution in [0.3, 0.4) is 0 Å². The highest BCUT2D eigenvalue weighted by atomic mass is 32.2. The molecule has 2 rings (SSSR count). The summed E-state index contributed by atoms with van der Waals surface area (Å²) < 4.78 is 42.9. The van der Waals surface area contributed by atoms with Gasteiger partial charge >= 0.3 is 5.97 Å². The summed E-state index contributed by atoms with van der Waals surface area (Å²) in [7, 11) is -2.67. The third-order valence-corrected chi connectivity index (χ3v) is 4.25. The Labute approximate surface area is 108 Å². The van der Waals surface area contributed by atoms with E-state index in [1.807, 2.05) is 0 Å². The second-order valence-electron chi connectivity index (χ2n) is 3.70. The van der Waals surface area contributed by atoms with E-state index in [0.29, 0.717) is 0 Å². The molecule has 0 unspecified atom stereocenters. The molecule has 0 bridgehead atoms. The van der Waals surface area contributed by atoms with E-state index in [1.165, 1.54) is 19.1 Å². The molecule has 0 radical (unpaired) electrons. The summed E-state index contributed by atoms with van der Waals surface area (Å²) in [5.74, 6) is -1.99. The highest BCUT2D eigenvalue weighted by Crippen LogP contribution is 2.21. The lowest BCUT2D eigenvalue weighted by Gasteiger charge is -2.03. The number of hydrogen-bond acceptors (Lipinski definition) is 5. The SMILES string of the molecule is CCS(=O)(=O)c1nc2cccc(F)n2c1C(=O)OC. The number of sulfone groups is 1. The Morgan fingerprint density at radius 2 is 2.16 bits per heavy atom. The average Bonchev–Trinajstić information content (AvgIpc) is 2.79. The Balaban J connectivity index is 2.93. The number of hydrogen-bond donors (Lipinski definition) is 0. The summed E-state index contributed by atoms with van der Waals surface area (Å²) in [4.78, 5) is 15.5. The molecule has 0 aromatic carbocycles. The Morgan fingerprint density at radius 3 is 2.74 bits per heavy atom. The molecular weight excluding hydrogens is 275 g/mol. The van der Waals surface area contributed by atoms with Crippen LogP contribution in [-0.4, -0.2) is 36.6 Å². The number of halogens is 1. The fourth-order valence-electron chi connectivity index (χ4n) is 1.66. The molecule has 6 nitrogen and oxygen atoms in total. The molecular formula is C11H11FN2O4S. The maximum atomic E-state index is 13.8. The standard InChI is InChI=1S/C11H11FN2O4S/c1-3-19(16,17)10-9(11(15)18-2)14-7(12)5-4-6-8(14)13-10/h4-6H,3H2,1-2H3. The van der Waals surface area contributed by atoms with Gasteiger partial charge in [0, 0.05) is 0 Å². The van der Waals surface area contributed by atoms with E-state index in [9.17, 15) is 17.6 Å². The van der Waals surface area contributed by atoms with Gasteiger partial charge in [-0.1, -0.05) is 13.0 Å². The summed E-state index contributed by atoms with van der Waals surface area (Å²) >= 11 is 0. The first-order valence-electron chi connectivity index (χ1n) is 5.40. The predicted molar refractivity (Wildman–Crippen MR) is 64.2 cm³/mol. The molecule has 19 heavy (non-hydrogen) atoms. The summed E-state index contributed by atoms with van der Waals surface area (Å²) in [6.45, 7) is 1.41. The van der Waals surface area contributed by atoms with Gasteiger partial charge in [-0.15, -0.1) is 0 Å². The minimum absolute atomic E-state index is 0.0347. The van der Waals surface area contributed by atoms with Gasteiger partial charge in [0.25, 0.3) is 0 Å². The van der Waals surface area contributed by atoms with Gasteiger partial charge in [0.2, 0.25) is 0 Å². The molecule has 2 aromatic rings.